The quantitative estimate of drug-likeness (QED) is 0.206. The predicted octanol–water partition coefficient (Wildman–Crippen LogP) is 4.83. The Morgan fingerprint density at radius 2 is 2.09 bits per heavy atom. The molecule has 33 heavy (non-hydrogen) atoms. The highest BCUT2D eigenvalue weighted by Crippen LogP contribution is 2.30. The summed E-state index contributed by atoms with van der Waals surface area (Å²) < 4.78 is 7.28. The molecule has 9 nitrogen and oxygen atoms in total. The van der Waals surface area contributed by atoms with Crippen LogP contribution in [0.25, 0.3) is 22.3 Å². The lowest BCUT2D eigenvalue weighted by atomic mass is 10.1. The molecular weight excluding hydrogens is 462 g/mol. The van der Waals surface area contributed by atoms with Crippen molar-refractivity contribution in [2.24, 2.45) is 0 Å². The number of carbonyl (C=O) groups is 1. The topological polar surface area (TPSA) is 112 Å². The van der Waals surface area contributed by atoms with Crippen molar-refractivity contribution in [1.29, 1.82) is 0 Å². The highest BCUT2D eigenvalue weighted by atomic mass is 32.2. The average Bonchev–Trinajstić information content (AvgIpc) is 3.42. The van der Waals surface area contributed by atoms with Crippen molar-refractivity contribution in [3.05, 3.63) is 64.0 Å². The number of anilines is 1. The normalized spacial score (nSPS) is 12.1. The molecule has 2 heterocycles. The Morgan fingerprint density at radius 1 is 1.27 bits per heavy atom. The van der Waals surface area contributed by atoms with Gasteiger partial charge in [0.15, 0.2) is 10.3 Å². The van der Waals surface area contributed by atoms with Crippen molar-refractivity contribution in [2.75, 3.05) is 19.0 Å². The highest BCUT2D eigenvalue weighted by molar-refractivity contribution is 8.00. The van der Waals surface area contributed by atoms with Crippen LogP contribution in [0.5, 0.6) is 0 Å². The first-order valence-corrected chi connectivity index (χ1v) is 11.8. The number of non-ortho nitro benzene ring substituents is 1. The summed E-state index contributed by atoms with van der Waals surface area (Å²) in [5.41, 5.74) is 3.04. The van der Waals surface area contributed by atoms with Crippen LogP contribution in [0.1, 0.15) is 6.92 Å². The number of para-hydroxylation sites is 2. The molecule has 0 aliphatic rings. The zero-order valence-electron chi connectivity index (χ0n) is 17.9. The number of methoxy groups -OCH3 is 1. The molecule has 1 N–H and O–H groups in total. The number of imidazole rings is 1. The second-order valence-corrected chi connectivity index (χ2v) is 9.29. The van der Waals surface area contributed by atoms with Gasteiger partial charge in [0.05, 0.1) is 33.5 Å². The van der Waals surface area contributed by atoms with E-state index >= 15 is 0 Å². The number of nitro benzene ring substituents is 1. The minimum atomic E-state index is -0.447. The molecule has 4 rings (SSSR count). The molecule has 2 aromatic heterocycles. The van der Waals surface area contributed by atoms with E-state index in [1.165, 1.54) is 35.2 Å². The number of nitro groups is 1. The van der Waals surface area contributed by atoms with Gasteiger partial charge in [0, 0.05) is 36.7 Å². The van der Waals surface area contributed by atoms with Gasteiger partial charge in [0.1, 0.15) is 0 Å². The van der Waals surface area contributed by atoms with E-state index in [9.17, 15) is 14.9 Å². The Hall–Kier alpha value is -3.28. The molecule has 0 spiro atoms. The first-order chi connectivity index (χ1) is 16.0. The molecule has 0 aliphatic carbocycles. The van der Waals surface area contributed by atoms with Gasteiger partial charge in [-0.25, -0.2) is 9.97 Å². The molecular formula is C22H21N5O4S2. The van der Waals surface area contributed by atoms with Crippen molar-refractivity contribution in [3.63, 3.8) is 0 Å². The van der Waals surface area contributed by atoms with Gasteiger partial charge in [-0.2, -0.15) is 0 Å². The molecule has 1 amide bonds. The van der Waals surface area contributed by atoms with Crippen LogP contribution in [0.3, 0.4) is 0 Å². The fourth-order valence-electron chi connectivity index (χ4n) is 3.20. The monoisotopic (exact) mass is 483 g/mol. The largest absolute Gasteiger partial charge is 0.383 e. The van der Waals surface area contributed by atoms with Crippen LogP contribution in [-0.2, 0) is 16.1 Å². The van der Waals surface area contributed by atoms with Gasteiger partial charge in [-0.05, 0) is 19.1 Å². The van der Waals surface area contributed by atoms with Crippen LogP contribution >= 0.6 is 23.1 Å². The van der Waals surface area contributed by atoms with E-state index in [0.717, 1.165) is 16.2 Å². The van der Waals surface area contributed by atoms with Gasteiger partial charge in [0.2, 0.25) is 5.91 Å². The van der Waals surface area contributed by atoms with Crippen LogP contribution in [0.2, 0.25) is 0 Å². The molecule has 0 fully saturated rings. The summed E-state index contributed by atoms with van der Waals surface area (Å²) in [5, 5.41) is 16.4. The second-order valence-electron chi connectivity index (χ2n) is 7.12. The predicted molar refractivity (Wildman–Crippen MR) is 130 cm³/mol. The van der Waals surface area contributed by atoms with E-state index in [2.05, 4.69) is 19.9 Å². The zero-order chi connectivity index (χ0) is 23.4. The third-order valence-corrected chi connectivity index (χ3v) is 6.72. The number of rotatable bonds is 9. The first-order valence-electron chi connectivity index (χ1n) is 10.1. The fourth-order valence-corrected chi connectivity index (χ4v) is 4.88. The van der Waals surface area contributed by atoms with Gasteiger partial charge in [-0.3, -0.25) is 14.9 Å². The number of ether oxygens (including phenoxy) is 1. The Labute approximate surface area is 198 Å². The van der Waals surface area contributed by atoms with Gasteiger partial charge in [-0.15, -0.1) is 11.3 Å². The van der Waals surface area contributed by atoms with E-state index in [-0.39, 0.29) is 11.6 Å². The molecule has 170 valence electrons. The molecule has 1 unspecified atom stereocenters. The Balaban J connectivity index is 1.47. The molecule has 1 atom stereocenters. The molecule has 0 aliphatic heterocycles. The summed E-state index contributed by atoms with van der Waals surface area (Å²) in [6, 6.07) is 14.1. The number of thioether (sulfide) groups is 1. The molecule has 0 saturated heterocycles. The number of benzene rings is 2. The average molecular weight is 484 g/mol. The molecule has 11 heteroatoms. The minimum Gasteiger partial charge on any atom is -0.383 e. The molecule has 0 radical (unpaired) electrons. The molecule has 0 saturated carbocycles. The van der Waals surface area contributed by atoms with Gasteiger partial charge < -0.3 is 14.6 Å². The fraction of sp³-hybridized carbons (Fsp3) is 0.227. The van der Waals surface area contributed by atoms with Crippen molar-refractivity contribution >= 4 is 50.9 Å². The summed E-state index contributed by atoms with van der Waals surface area (Å²) in [7, 11) is 1.65. The van der Waals surface area contributed by atoms with E-state index < -0.39 is 10.2 Å². The lowest BCUT2D eigenvalue weighted by molar-refractivity contribution is -0.384. The Morgan fingerprint density at radius 3 is 2.88 bits per heavy atom. The number of fused-ring (bicyclic) bond motifs is 1. The highest BCUT2D eigenvalue weighted by Gasteiger charge is 2.21. The van der Waals surface area contributed by atoms with E-state index in [4.69, 9.17) is 4.74 Å². The number of aromatic nitrogens is 3. The maximum atomic E-state index is 12.8. The van der Waals surface area contributed by atoms with E-state index in [0.29, 0.717) is 29.5 Å². The van der Waals surface area contributed by atoms with E-state index in [1.54, 1.807) is 24.6 Å². The SMILES string of the molecule is COCCn1c(SC(C)C(=O)Nc2nc(-c3cccc([N+](=O)[O-])c3)cs2)nc2ccccc21. The number of thiazole rings is 1. The number of hydrogen-bond donors (Lipinski definition) is 1. The maximum Gasteiger partial charge on any atom is 0.270 e. The number of nitrogens with zero attached hydrogens (tertiary/aromatic N) is 4. The summed E-state index contributed by atoms with van der Waals surface area (Å²) in [5.74, 6) is -0.203. The summed E-state index contributed by atoms with van der Waals surface area (Å²) in [6.45, 7) is 2.98. The summed E-state index contributed by atoms with van der Waals surface area (Å²) in [4.78, 5) is 32.5. The lowest BCUT2D eigenvalue weighted by Crippen LogP contribution is -2.23. The first kappa shape index (κ1) is 22.9. The van der Waals surface area contributed by atoms with Crippen LogP contribution in [0.15, 0.2) is 59.1 Å². The second kappa shape index (κ2) is 10.1. The third-order valence-electron chi connectivity index (χ3n) is 4.88. The maximum absolute atomic E-state index is 12.8. The van der Waals surface area contributed by atoms with Crippen molar-refractivity contribution in [3.8, 4) is 11.3 Å². The van der Waals surface area contributed by atoms with Crippen LogP contribution in [0, 0.1) is 10.1 Å². The van der Waals surface area contributed by atoms with Crippen LogP contribution in [0.4, 0.5) is 10.8 Å². The van der Waals surface area contributed by atoms with Crippen molar-refractivity contribution in [1.82, 2.24) is 14.5 Å². The smallest absolute Gasteiger partial charge is 0.270 e. The van der Waals surface area contributed by atoms with Crippen LogP contribution in [-0.4, -0.2) is 44.3 Å². The molecule has 2 aromatic carbocycles. The van der Waals surface area contributed by atoms with E-state index in [1.807, 2.05) is 31.2 Å². The van der Waals surface area contributed by atoms with Gasteiger partial charge in [-0.1, -0.05) is 36.0 Å². The summed E-state index contributed by atoms with van der Waals surface area (Å²) >= 11 is 2.64. The van der Waals surface area contributed by atoms with Crippen molar-refractivity contribution in [2.45, 2.75) is 23.9 Å². The van der Waals surface area contributed by atoms with Gasteiger partial charge in [0.25, 0.3) is 5.69 Å². The Bertz CT molecular complexity index is 1300. The Kier molecular flexibility index (Phi) is 7.02. The number of carbonyl (C=O) groups excluding carboxylic acids is 1. The lowest BCUT2D eigenvalue weighted by Gasteiger charge is -2.12. The van der Waals surface area contributed by atoms with Crippen molar-refractivity contribution < 1.29 is 14.5 Å². The number of nitrogens with one attached hydrogen (secondary N) is 1. The minimum absolute atomic E-state index is 0.00697. The zero-order valence-corrected chi connectivity index (χ0v) is 19.6. The molecule has 0 bridgehead atoms. The van der Waals surface area contributed by atoms with Gasteiger partial charge >= 0.3 is 0 Å². The molecule has 4 aromatic rings. The number of hydrogen-bond acceptors (Lipinski definition) is 8. The van der Waals surface area contributed by atoms with Crippen LogP contribution < -0.4 is 5.32 Å². The third kappa shape index (κ3) is 5.21. The summed E-state index contributed by atoms with van der Waals surface area (Å²) in [6.07, 6.45) is 0. The number of amides is 1. The standard InChI is InChI=1S/C22H21N5O4S2/c1-14(33-22-24-17-8-3-4-9-19(17)26(22)10-11-31-2)20(28)25-21-23-18(13-32-21)15-6-5-7-16(12-15)27(29)30/h3-9,12-14H,10-11H2,1-2H3,(H,23,25,28).